The summed E-state index contributed by atoms with van der Waals surface area (Å²) in [5.41, 5.74) is 2.24. The van der Waals surface area contributed by atoms with Crippen molar-refractivity contribution in [2.45, 2.75) is 42.2 Å². The SMILES string of the molecule is O=S(=O)(c1ccc2c(c1)CCN2)C1CCCC1. The molecule has 0 aromatic heterocycles. The van der Waals surface area contributed by atoms with E-state index in [4.69, 9.17) is 0 Å². The lowest BCUT2D eigenvalue weighted by Crippen LogP contribution is -2.17. The van der Waals surface area contributed by atoms with E-state index in [-0.39, 0.29) is 5.25 Å². The number of anilines is 1. The fraction of sp³-hybridized carbons (Fsp3) is 0.538. The molecule has 0 radical (unpaired) electrons. The lowest BCUT2D eigenvalue weighted by Gasteiger charge is -2.12. The molecule has 0 saturated heterocycles. The molecular formula is C13H17NO2S. The predicted molar refractivity (Wildman–Crippen MR) is 68.1 cm³/mol. The van der Waals surface area contributed by atoms with E-state index in [2.05, 4.69) is 5.32 Å². The Balaban J connectivity index is 1.98. The zero-order valence-electron chi connectivity index (χ0n) is 9.78. The Kier molecular flexibility index (Phi) is 2.62. The third-order valence-electron chi connectivity index (χ3n) is 3.86. The van der Waals surface area contributed by atoms with Crippen LogP contribution in [0.1, 0.15) is 31.2 Å². The molecule has 1 N–H and O–H groups in total. The van der Waals surface area contributed by atoms with Crippen molar-refractivity contribution in [2.24, 2.45) is 0 Å². The summed E-state index contributed by atoms with van der Waals surface area (Å²) in [7, 11) is -3.09. The van der Waals surface area contributed by atoms with Crippen molar-refractivity contribution in [3.63, 3.8) is 0 Å². The summed E-state index contributed by atoms with van der Waals surface area (Å²) in [5.74, 6) is 0. The summed E-state index contributed by atoms with van der Waals surface area (Å²) < 4.78 is 24.8. The molecule has 2 aliphatic rings. The largest absolute Gasteiger partial charge is 0.384 e. The number of nitrogens with one attached hydrogen (secondary N) is 1. The highest BCUT2D eigenvalue weighted by atomic mass is 32.2. The Morgan fingerprint density at radius 3 is 2.71 bits per heavy atom. The minimum absolute atomic E-state index is 0.144. The second kappa shape index (κ2) is 4.02. The fourth-order valence-corrected chi connectivity index (χ4v) is 4.75. The molecule has 0 amide bonds. The minimum Gasteiger partial charge on any atom is -0.384 e. The van der Waals surface area contributed by atoms with Gasteiger partial charge in [0, 0.05) is 12.2 Å². The Labute approximate surface area is 102 Å². The fourth-order valence-electron chi connectivity index (χ4n) is 2.85. The van der Waals surface area contributed by atoms with Crippen molar-refractivity contribution in [3.8, 4) is 0 Å². The molecule has 1 aromatic carbocycles. The molecule has 1 aromatic rings. The topological polar surface area (TPSA) is 46.2 Å². The molecule has 1 aliphatic carbocycles. The highest BCUT2D eigenvalue weighted by Crippen LogP contribution is 2.32. The van der Waals surface area contributed by atoms with E-state index < -0.39 is 9.84 Å². The van der Waals surface area contributed by atoms with Gasteiger partial charge in [-0.15, -0.1) is 0 Å². The molecule has 0 spiro atoms. The maximum atomic E-state index is 12.4. The molecule has 1 heterocycles. The van der Waals surface area contributed by atoms with Gasteiger partial charge in [-0.05, 0) is 43.0 Å². The van der Waals surface area contributed by atoms with Gasteiger partial charge in [0.2, 0.25) is 0 Å². The van der Waals surface area contributed by atoms with E-state index in [1.54, 1.807) is 6.07 Å². The average molecular weight is 251 g/mol. The summed E-state index contributed by atoms with van der Waals surface area (Å²) in [5, 5.41) is 3.11. The first-order valence-corrected chi connectivity index (χ1v) is 7.83. The first kappa shape index (κ1) is 11.1. The normalized spacial score (nSPS) is 20.2. The van der Waals surface area contributed by atoms with E-state index in [0.29, 0.717) is 4.90 Å². The van der Waals surface area contributed by atoms with Crippen molar-refractivity contribution in [3.05, 3.63) is 23.8 Å². The van der Waals surface area contributed by atoms with Crippen LogP contribution in [-0.4, -0.2) is 20.2 Å². The number of hydrogen-bond acceptors (Lipinski definition) is 3. The van der Waals surface area contributed by atoms with Crippen LogP contribution >= 0.6 is 0 Å². The van der Waals surface area contributed by atoms with Gasteiger partial charge in [0.25, 0.3) is 0 Å². The van der Waals surface area contributed by atoms with Crippen molar-refractivity contribution in [2.75, 3.05) is 11.9 Å². The summed E-state index contributed by atoms with van der Waals surface area (Å²) in [4.78, 5) is 0.520. The number of benzene rings is 1. The number of hydrogen-bond donors (Lipinski definition) is 1. The van der Waals surface area contributed by atoms with Crippen LogP contribution < -0.4 is 5.32 Å². The quantitative estimate of drug-likeness (QED) is 0.877. The molecule has 1 fully saturated rings. The van der Waals surface area contributed by atoms with Crippen LogP contribution in [0.15, 0.2) is 23.1 Å². The maximum absolute atomic E-state index is 12.4. The molecule has 1 aliphatic heterocycles. The third kappa shape index (κ3) is 1.84. The molecule has 0 bridgehead atoms. The Morgan fingerprint density at radius 1 is 1.18 bits per heavy atom. The van der Waals surface area contributed by atoms with Gasteiger partial charge in [-0.3, -0.25) is 0 Å². The van der Waals surface area contributed by atoms with Crippen LogP contribution in [0.3, 0.4) is 0 Å². The Morgan fingerprint density at radius 2 is 1.94 bits per heavy atom. The van der Waals surface area contributed by atoms with Gasteiger partial charge in [0.05, 0.1) is 10.1 Å². The summed E-state index contributed by atoms with van der Waals surface area (Å²) >= 11 is 0. The van der Waals surface area contributed by atoms with Crippen LogP contribution in [0.5, 0.6) is 0 Å². The Hall–Kier alpha value is -1.03. The number of fused-ring (bicyclic) bond motifs is 1. The molecule has 0 unspecified atom stereocenters. The smallest absolute Gasteiger partial charge is 0.181 e. The van der Waals surface area contributed by atoms with Crippen LogP contribution in [-0.2, 0) is 16.3 Å². The summed E-state index contributed by atoms with van der Waals surface area (Å²) in [6.07, 6.45) is 4.70. The minimum atomic E-state index is -3.09. The molecule has 0 atom stereocenters. The van der Waals surface area contributed by atoms with Crippen LogP contribution in [0.4, 0.5) is 5.69 Å². The van der Waals surface area contributed by atoms with Gasteiger partial charge in [0.1, 0.15) is 0 Å². The third-order valence-corrected chi connectivity index (χ3v) is 6.12. The van der Waals surface area contributed by atoms with E-state index in [9.17, 15) is 8.42 Å². The van der Waals surface area contributed by atoms with Gasteiger partial charge in [0.15, 0.2) is 9.84 Å². The molecule has 92 valence electrons. The predicted octanol–water partition coefficient (Wildman–Crippen LogP) is 2.37. The summed E-state index contributed by atoms with van der Waals surface area (Å²) in [6.45, 7) is 0.919. The second-order valence-electron chi connectivity index (χ2n) is 4.95. The van der Waals surface area contributed by atoms with Crippen LogP contribution in [0, 0.1) is 0 Å². The van der Waals surface area contributed by atoms with Crippen molar-refractivity contribution >= 4 is 15.5 Å². The highest BCUT2D eigenvalue weighted by Gasteiger charge is 2.30. The molecular weight excluding hydrogens is 234 g/mol. The van der Waals surface area contributed by atoms with E-state index in [1.165, 1.54) is 0 Å². The zero-order valence-corrected chi connectivity index (χ0v) is 10.6. The molecule has 3 rings (SSSR count). The van der Waals surface area contributed by atoms with Gasteiger partial charge >= 0.3 is 0 Å². The van der Waals surface area contributed by atoms with Gasteiger partial charge in [-0.25, -0.2) is 8.42 Å². The van der Waals surface area contributed by atoms with Crippen molar-refractivity contribution in [1.82, 2.24) is 0 Å². The Bertz CT molecular complexity index is 530. The standard InChI is InChI=1S/C13H17NO2S/c15-17(16,11-3-1-2-4-11)12-5-6-13-10(9-12)7-8-14-13/h5-6,9,11,14H,1-4,7-8H2. The second-order valence-corrected chi connectivity index (χ2v) is 7.18. The van der Waals surface area contributed by atoms with Crippen LogP contribution in [0.2, 0.25) is 0 Å². The van der Waals surface area contributed by atoms with Gasteiger partial charge in [-0.1, -0.05) is 12.8 Å². The molecule has 17 heavy (non-hydrogen) atoms. The van der Waals surface area contributed by atoms with Crippen molar-refractivity contribution in [1.29, 1.82) is 0 Å². The lowest BCUT2D eigenvalue weighted by atomic mass is 10.2. The van der Waals surface area contributed by atoms with Crippen molar-refractivity contribution < 1.29 is 8.42 Å². The van der Waals surface area contributed by atoms with Crippen LogP contribution in [0.25, 0.3) is 0 Å². The maximum Gasteiger partial charge on any atom is 0.181 e. The first-order chi connectivity index (χ1) is 8.18. The van der Waals surface area contributed by atoms with E-state index >= 15 is 0 Å². The average Bonchev–Trinajstić information content (AvgIpc) is 2.99. The van der Waals surface area contributed by atoms with E-state index in [0.717, 1.165) is 49.9 Å². The molecule has 4 heteroatoms. The summed E-state index contributed by atoms with van der Waals surface area (Å²) in [6, 6.07) is 5.53. The zero-order chi connectivity index (χ0) is 11.9. The first-order valence-electron chi connectivity index (χ1n) is 6.28. The lowest BCUT2D eigenvalue weighted by molar-refractivity contribution is 0.579. The number of sulfone groups is 1. The highest BCUT2D eigenvalue weighted by molar-refractivity contribution is 7.92. The molecule has 1 saturated carbocycles. The molecule has 3 nitrogen and oxygen atoms in total. The van der Waals surface area contributed by atoms with Gasteiger partial charge < -0.3 is 5.32 Å². The number of rotatable bonds is 2. The monoisotopic (exact) mass is 251 g/mol. The van der Waals surface area contributed by atoms with E-state index in [1.807, 2.05) is 12.1 Å². The van der Waals surface area contributed by atoms with Gasteiger partial charge in [-0.2, -0.15) is 0 Å².